The highest BCUT2D eigenvalue weighted by Gasteiger charge is 2.32. The SMILES string of the molecule is CC(B(O)O[B]O)C(C)(C)C. The molecule has 0 aliphatic carbocycles. The average molecular weight is 157 g/mol. The van der Waals surface area contributed by atoms with Gasteiger partial charge in [0.15, 0.2) is 0 Å². The summed E-state index contributed by atoms with van der Waals surface area (Å²) in [4.78, 5) is 0. The first kappa shape index (κ1) is 11.0. The molecule has 0 amide bonds. The molecule has 2 N–H and O–H groups in total. The first-order valence-corrected chi connectivity index (χ1v) is 3.69. The quantitative estimate of drug-likeness (QED) is 0.584. The van der Waals surface area contributed by atoms with Crippen LogP contribution in [0.25, 0.3) is 0 Å². The summed E-state index contributed by atoms with van der Waals surface area (Å²) in [5.74, 6) is -0.0223. The van der Waals surface area contributed by atoms with E-state index in [9.17, 15) is 5.02 Å². The minimum atomic E-state index is -0.931. The number of hydrogen-bond acceptors (Lipinski definition) is 3. The van der Waals surface area contributed by atoms with Crippen molar-refractivity contribution in [2.45, 2.75) is 33.5 Å². The van der Waals surface area contributed by atoms with Gasteiger partial charge in [-0.2, -0.15) is 0 Å². The van der Waals surface area contributed by atoms with Gasteiger partial charge >= 0.3 is 14.8 Å². The predicted molar refractivity (Wildman–Crippen MR) is 45.9 cm³/mol. The normalized spacial score (nSPS) is 14.4. The van der Waals surface area contributed by atoms with Gasteiger partial charge in [-0.15, -0.1) is 0 Å². The Balaban J connectivity index is 3.91. The molecule has 3 nitrogen and oxygen atoms in total. The second-order valence-electron chi connectivity index (χ2n) is 3.79. The van der Waals surface area contributed by atoms with Gasteiger partial charge in [-0.3, -0.25) is 0 Å². The monoisotopic (exact) mass is 157 g/mol. The van der Waals surface area contributed by atoms with Gasteiger partial charge in [-0.1, -0.05) is 27.7 Å². The summed E-state index contributed by atoms with van der Waals surface area (Å²) in [6.07, 6.45) is 0. The summed E-state index contributed by atoms with van der Waals surface area (Å²) in [6.45, 7) is 7.87. The molecule has 1 unspecified atom stereocenters. The van der Waals surface area contributed by atoms with Crippen LogP contribution < -0.4 is 0 Å². The van der Waals surface area contributed by atoms with Crippen molar-refractivity contribution in [3.8, 4) is 0 Å². The Kier molecular flexibility index (Phi) is 4.14. The van der Waals surface area contributed by atoms with Crippen molar-refractivity contribution in [1.82, 2.24) is 0 Å². The molecule has 0 fully saturated rings. The lowest BCUT2D eigenvalue weighted by atomic mass is 9.60. The van der Waals surface area contributed by atoms with Crippen molar-refractivity contribution < 1.29 is 14.6 Å². The Morgan fingerprint density at radius 2 is 1.91 bits per heavy atom. The smallest absolute Gasteiger partial charge is 0.453 e. The molecule has 0 spiro atoms. The summed E-state index contributed by atoms with van der Waals surface area (Å²) >= 11 is 0. The van der Waals surface area contributed by atoms with Gasteiger partial charge in [0.1, 0.15) is 0 Å². The molecule has 0 rings (SSSR count). The Morgan fingerprint density at radius 3 is 2.18 bits per heavy atom. The molecule has 0 bridgehead atoms. The zero-order chi connectivity index (χ0) is 9.07. The van der Waals surface area contributed by atoms with Crippen LogP contribution in [0, 0.1) is 5.41 Å². The maximum absolute atomic E-state index is 9.24. The number of rotatable bonds is 3. The Bertz CT molecular complexity index is 113. The topological polar surface area (TPSA) is 49.7 Å². The minimum Gasteiger partial charge on any atom is -0.453 e. The van der Waals surface area contributed by atoms with Crippen LogP contribution >= 0.6 is 0 Å². The molecule has 0 aliphatic heterocycles. The zero-order valence-corrected chi connectivity index (χ0v) is 7.53. The van der Waals surface area contributed by atoms with E-state index in [0.29, 0.717) is 7.69 Å². The zero-order valence-electron chi connectivity index (χ0n) is 7.53. The summed E-state index contributed by atoms with van der Waals surface area (Å²) in [6, 6.07) is 0. The van der Waals surface area contributed by atoms with Crippen LogP contribution in [-0.4, -0.2) is 24.9 Å². The van der Waals surface area contributed by atoms with E-state index in [1.54, 1.807) is 0 Å². The van der Waals surface area contributed by atoms with Crippen LogP contribution in [0.2, 0.25) is 5.82 Å². The van der Waals surface area contributed by atoms with Gasteiger partial charge in [0.2, 0.25) is 0 Å². The molecular weight excluding hydrogens is 142 g/mol. The second kappa shape index (κ2) is 4.14. The molecule has 1 atom stereocenters. The highest BCUT2D eigenvalue weighted by molar-refractivity contribution is 6.51. The average Bonchev–Trinajstić information content (AvgIpc) is 1.85. The van der Waals surface area contributed by atoms with Crippen molar-refractivity contribution in [3.63, 3.8) is 0 Å². The maximum Gasteiger partial charge on any atom is 0.470 e. The highest BCUT2D eigenvalue weighted by Crippen LogP contribution is 2.32. The Labute approximate surface area is 69.2 Å². The van der Waals surface area contributed by atoms with Crippen molar-refractivity contribution >= 4 is 14.8 Å². The highest BCUT2D eigenvalue weighted by atomic mass is 16.5. The summed E-state index contributed by atoms with van der Waals surface area (Å²) in [5.41, 5.74) is -0.0254. The summed E-state index contributed by atoms with van der Waals surface area (Å²) in [7, 11) is -0.410. The maximum atomic E-state index is 9.24. The summed E-state index contributed by atoms with van der Waals surface area (Å²) in [5, 5.41) is 17.5. The van der Waals surface area contributed by atoms with E-state index in [1.807, 2.05) is 27.7 Å². The van der Waals surface area contributed by atoms with Crippen molar-refractivity contribution in [1.29, 1.82) is 0 Å². The van der Waals surface area contributed by atoms with Gasteiger partial charge < -0.3 is 14.6 Å². The molecule has 0 saturated carbocycles. The van der Waals surface area contributed by atoms with Gasteiger partial charge in [0, 0.05) is 0 Å². The van der Waals surface area contributed by atoms with E-state index in [0.717, 1.165) is 0 Å². The minimum absolute atomic E-state index is 0.0223. The van der Waals surface area contributed by atoms with Crippen LogP contribution in [0.1, 0.15) is 27.7 Å². The fourth-order valence-electron chi connectivity index (χ4n) is 0.608. The lowest BCUT2D eigenvalue weighted by molar-refractivity contribution is 0.302. The van der Waals surface area contributed by atoms with Crippen LogP contribution in [-0.2, 0) is 4.57 Å². The fourth-order valence-corrected chi connectivity index (χ4v) is 0.608. The third-order valence-corrected chi connectivity index (χ3v) is 1.99. The van der Waals surface area contributed by atoms with Crippen LogP contribution in [0.5, 0.6) is 0 Å². The molecular formula is C6H15B2O3. The van der Waals surface area contributed by atoms with Crippen molar-refractivity contribution in [3.05, 3.63) is 0 Å². The number of hydrogen-bond donors (Lipinski definition) is 2. The van der Waals surface area contributed by atoms with E-state index >= 15 is 0 Å². The summed E-state index contributed by atoms with van der Waals surface area (Å²) < 4.78 is 4.52. The van der Waals surface area contributed by atoms with Crippen LogP contribution in [0.3, 0.4) is 0 Å². The largest absolute Gasteiger partial charge is 0.470 e. The van der Waals surface area contributed by atoms with E-state index < -0.39 is 7.12 Å². The van der Waals surface area contributed by atoms with Crippen LogP contribution in [0.15, 0.2) is 0 Å². The van der Waals surface area contributed by atoms with Gasteiger partial charge in [0.25, 0.3) is 0 Å². The van der Waals surface area contributed by atoms with Crippen molar-refractivity contribution in [2.75, 3.05) is 0 Å². The first-order chi connectivity index (χ1) is 4.89. The molecule has 0 aromatic heterocycles. The Hall–Kier alpha value is 0.00987. The van der Waals surface area contributed by atoms with Gasteiger partial charge in [0.05, 0.1) is 0 Å². The molecule has 0 aromatic carbocycles. The molecule has 1 radical (unpaired) electrons. The lowest BCUT2D eigenvalue weighted by Crippen LogP contribution is -2.32. The lowest BCUT2D eigenvalue weighted by Gasteiger charge is -2.28. The van der Waals surface area contributed by atoms with Gasteiger partial charge in [-0.05, 0) is 11.2 Å². The third kappa shape index (κ3) is 3.79. The molecule has 0 saturated heterocycles. The molecule has 5 heteroatoms. The first-order valence-electron chi connectivity index (χ1n) is 3.69. The standard InChI is InChI=1S/C6H15B2O3/c1-5(6(2,3)4)8(10)11-7-9/h5,9-10H,1-4H3. The predicted octanol–water partition coefficient (Wildman–Crippen LogP) is 0.446. The second-order valence-corrected chi connectivity index (χ2v) is 3.79. The third-order valence-electron chi connectivity index (χ3n) is 1.99. The molecule has 11 heavy (non-hydrogen) atoms. The molecule has 0 aromatic rings. The van der Waals surface area contributed by atoms with E-state index in [2.05, 4.69) is 4.57 Å². The molecule has 0 aliphatic rings. The molecule has 0 heterocycles. The van der Waals surface area contributed by atoms with E-state index in [4.69, 9.17) is 5.02 Å². The van der Waals surface area contributed by atoms with Crippen LogP contribution in [0.4, 0.5) is 0 Å². The van der Waals surface area contributed by atoms with E-state index in [1.165, 1.54) is 0 Å². The fraction of sp³-hybridized carbons (Fsp3) is 1.00. The van der Waals surface area contributed by atoms with Gasteiger partial charge in [-0.25, -0.2) is 0 Å². The molecule has 63 valence electrons. The Morgan fingerprint density at radius 1 is 1.45 bits per heavy atom. The van der Waals surface area contributed by atoms with E-state index in [-0.39, 0.29) is 11.2 Å². The van der Waals surface area contributed by atoms with Crippen molar-refractivity contribution in [2.24, 2.45) is 5.41 Å².